The second kappa shape index (κ2) is 5.67. The highest BCUT2D eigenvalue weighted by atomic mass is 16.1. The molecular weight excluding hydrogens is 228 g/mol. The van der Waals surface area contributed by atoms with E-state index < -0.39 is 0 Å². The van der Waals surface area contributed by atoms with Gasteiger partial charge in [0.25, 0.3) is 0 Å². The van der Waals surface area contributed by atoms with Crippen molar-refractivity contribution >= 4 is 17.4 Å². The Morgan fingerprint density at radius 1 is 1.39 bits per heavy atom. The van der Waals surface area contributed by atoms with Gasteiger partial charge in [0, 0.05) is 44.2 Å². The number of rotatable bonds is 4. The standard InChI is InChI=1S/C14H18N2O2/c1-15-14(18)7-4-9-16-10-8-13(17)11-5-2-3-6-12(11)16/h2-3,5-6H,4,7-10H2,1H3,(H,15,18). The second-order valence-electron chi connectivity index (χ2n) is 4.45. The lowest BCUT2D eigenvalue weighted by molar-refractivity contribution is -0.120. The van der Waals surface area contributed by atoms with Crippen LogP contribution in [0, 0.1) is 0 Å². The van der Waals surface area contributed by atoms with Crippen molar-refractivity contribution in [3.05, 3.63) is 29.8 Å². The van der Waals surface area contributed by atoms with Gasteiger partial charge in [0.15, 0.2) is 5.78 Å². The third kappa shape index (κ3) is 2.70. The van der Waals surface area contributed by atoms with E-state index in [-0.39, 0.29) is 11.7 Å². The molecule has 0 unspecified atom stereocenters. The minimum atomic E-state index is 0.0661. The van der Waals surface area contributed by atoms with Gasteiger partial charge in [0.2, 0.25) is 5.91 Å². The van der Waals surface area contributed by atoms with Gasteiger partial charge >= 0.3 is 0 Å². The number of para-hydroxylation sites is 1. The summed E-state index contributed by atoms with van der Waals surface area (Å²) in [5.74, 6) is 0.282. The average molecular weight is 246 g/mol. The molecule has 2 rings (SSSR count). The molecule has 1 aliphatic heterocycles. The first-order valence-electron chi connectivity index (χ1n) is 6.30. The number of carbonyl (C=O) groups excluding carboxylic acids is 2. The first kappa shape index (κ1) is 12.6. The molecule has 0 fully saturated rings. The SMILES string of the molecule is CNC(=O)CCCN1CCC(=O)c2ccccc21. The Hall–Kier alpha value is -1.84. The van der Waals surface area contributed by atoms with E-state index in [0.29, 0.717) is 12.8 Å². The number of benzene rings is 1. The van der Waals surface area contributed by atoms with Crippen LogP contribution in [0.2, 0.25) is 0 Å². The summed E-state index contributed by atoms with van der Waals surface area (Å²) in [6, 6.07) is 7.70. The Kier molecular flexibility index (Phi) is 3.97. The van der Waals surface area contributed by atoms with Crippen LogP contribution in [0.15, 0.2) is 24.3 Å². The second-order valence-corrected chi connectivity index (χ2v) is 4.45. The van der Waals surface area contributed by atoms with Crippen LogP contribution in [-0.4, -0.2) is 31.8 Å². The summed E-state index contributed by atoms with van der Waals surface area (Å²) < 4.78 is 0. The zero-order chi connectivity index (χ0) is 13.0. The van der Waals surface area contributed by atoms with Gasteiger partial charge in [-0.1, -0.05) is 12.1 Å². The molecule has 0 aromatic heterocycles. The van der Waals surface area contributed by atoms with Crippen molar-refractivity contribution < 1.29 is 9.59 Å². The van der Waals surface area contributed by atoms with E-state index in [9.17, 15) is 9.59 Å². The molecule has 0 spiro atoms. The normalized spacial score (nSPS) is 14.3. The number of anilines is 1. The molecule has 0 aliphatic carbocycles. The molecule has 4 nitrogen and oxygen atoms in total. The van der Waals surface area contributed by atoms with Crippen LogP contribution in [0.5, 0.6) is 0 Å². The van der Waals surface area contributed by atoms with Crippen LogP contribution in [0.3, 0.4) is 0 Å². The smallest absolute Gasteiger partial charge is 0.219 e. The molecule has 1 aromatic rings. The molecule has 1 aliphatic rings. The number of hydrogen-bond donors (Lipinski definition) is 1. The summed E-state index contributed by atoms with van der Waals surface area (Å²) in [4.78, 5) is 25.1. The van der Waals surface area contributed by atoms with Gasteiger partial charge in [-0.2, -0.15) is 0 Å². The van der Waals surface area contributed by atoms with Crippen LogP contribution in [-0.2, 0) is 4.79 Å². The molecule has 0 saturated heterocycles. The molecule has 18 heavy (non-hydrogen) atoms. The van der Waals surface area contributed by atoms with Gasteiger partial charge in [-0.3, -0.25) is 9.59 Å². The number of ketones is 1. The van der Waals surface area contributed by atoms with Crippen molar-refractivity contribution in [1.82, 2.24) is 5.32 Å². The maximum absolute atomic E-state index is 11.8. The van der Waals surface area contributed by atoms with Gasteiger partial charge in [-0.15, -0.1) is 0 Å². The molecule has 0 atom stereocenters. The molecule has 1 heterocycles. The Morgan fingerprint density at radius 2 is 2.17 bits per heavy atom. The fourth-order valence-corrected chi connectivity index (χ4v) is 2.26. The summed E-state index contributed by atoms with van der Waals surface area (Å²) in [6.45, 7) is 1.57. The number of hydrogen-bond acceptors (Lipinski definition) is 3. The summed E-state index contributed by atoms with van der Waals surface area (Å²) in [6.07, 6.45) is 1.91. The quantitative estimate of drug-likeness (QED) is 0.878. The van der Waals surface area contributed by atoms with Crippen molar-refractivity contribution in [2.24, 2.45) is 0 Å². The van der Waals surface area contributed by atoms with Crippen LogP contribution >= 0.6 is 0 Å². The Morgan fingerprint density at radius 3 is 2.94 bits per heavy atom. The summed E-state index contributed by atoms with van der Waals surface area (Å²) in [5, 5.41) is 2.62. The number of amides is 1. The summed E-state index contributed by atoms with van der Waals surface area (Å²) in [5.41, 5.74) is 1.81. The van der Waals surface area contributed by atoms with E-state index in [4.69, 9.17) is 0 Å². The zero-order valence-corrected chi connectivity index (χ0v) is 10.6. The Labute approximate surface area is 107 Å². The third-order valence-electron chi connectivity index (χ3n) is 3.26. The van der Waals surface area contributed by atoms with Crippen LogP contribution in [0.4, 0.5) is 5.69 Å². The fraction of sp³-hybridized carbons (Fsp3) is 0.429. The van der Waals surface area contributed by atoms with Gasteiger partial charge in [0.1, 0.15) is 0 Å². The average Bonchev–Trinajstić information content (AvgIpc) is 2.41. The van der Waals surface area contributed by atoms with Crippen molar-refractivity contribution in [3.8, 4) is 0 Å². The molecule has 0 radical (unpaired) electrons. The van der Waals surface area contributed by atoms with E-state index >= 15 is 0 Å². The van der Waals surface area contributed by atoms with Crippen molar-refractivity contribution in [3.63, 3.8) is 0 Å². The van der Waals surface area contributed by atoms with Gasteiger partial charge < -0.3 is 10.2 Å². The third-order valence-corrected chi connectivity index (χ3v) is 3.26. The highest BCUT2D eigenvalue weighted by Crippen LogP contribution is 2.26. The first-order chi connectivity index (χ1) is 8.72. The van der Waals surface area contributed by atoms with Crippen molar-refractivity contribution in [2.45, 2.75) is 19.3 Å². The van der Waals surface area contributed by atoms with E-state index in [2.05, 4.69) is 10.2 Å². The van der Waals surface area contributed by atoms with Crippen LogP contribution in [0.25, 0.3) is 0 Å². The van der Waals surface area contributed by atoms with Gasteiger partial charge in [-0.25, -0.2) is 0 Å². The van der Waals surface area contributed by atoms with Gasteiger partial charge in [0.05, 0.1) is 0 Å². The minimum Gasteiger partial charge on any atom is -0.370 e. The number of carbonyl (C=O) groups is 2. The topological polar surface area (TPSA) is 49.4 Å². The molecule has 96 valence electrons. The lowest BCUT2D eigenvalue weighted by Gasteiger charge is -2.30. The lowest BCUT2D eigenvalue weighted by Crippen LogP contribution is -2.33. The molecule has 1 aromatic carbocycles. The summed E-state index contributed by atoms with van der Waals surface area (Å²) in [7, 11) is 1.65. The van der Waals surface area contributed by atoms with Crippen molar-refractivity contribution in [1.29, 1.82) is 0 Å². The van der Waals surface area contributed by atoms with E-state index in [0.717, 1.165) is 30.8 Å². The first-order valence-corrected chi connectivity index (χ1v) is 6.30. The Balaban J connectivity index is 2.01. The van der Waals surface area contributed by atoms with Gasteiger partial charge in [-0.05, 0) is 18.6 Å². The van der Waals surface area contributed by atoms with Crippen LogP contribution < -0.4 is 10.2 Å². The molecule has 4 heteroatoms. The predicted octanol–water partition coefficient (Wildman–Crippen LogP) is 1.61. The molecule has 0 bridgehead atoms. The summed E-state index contributed by atoms with van der Waals surface area (Å²) >= 11 is 0. The van der Waals surface area contributed by atoms with E-state index in [1.165, 1.54) is 0 Å². The number of nitrogens with one attached hydrogen (secondary N) is 1. The lowest BCUT2D eigenvalue weighted by atomic mass is 10.0. The minimum absolute atomic E-state index is 0.0661. The maximum Gasteiger partial charge on any atom is 0.219 e. The largest absolute Gasteiger partial charge is 0.370 e. The van der Waals surface area contributed by atoms with E-state index in [1.54, 1.807) is 7.05 Å². The van der Waals surface area contributed by atoms with E-state index in [1.807, 2.05) is 24.3 Å². The highest BCUT2D eigenvalue weighted by molar-refractivity contribution is 6.03. The molecule has 1 amide bonds. The molecule has 0 saturated carbocycles. The highest BCUT2D eigenvalue weighted by Gasteiger charge is 2.21. The maximum atomic E-state index is 11.8. The molecular formula is C14H18N2O2. The predicted molar refractivity (Wildman–Crippen MR) is 70.9 cm³/mol. The Bertz CT molecular complexity index is 457. The zero-order valence-electron chi connectivity index (χ0n) is 10.6. The molecule has 1 N–H and O–H groups in total. The number of Topliss-reactive ketones (excluding diaryl/α,β-unsaturated/α-hetero) is 1. The van der Waals surface area contributed by atoms with Crippen LogP contribution in [0.1, 0.15) is 29.6 Å². The number of nitrogens with zero attached hydrogens (tertiary/aromatic N) is 1. The fourth-order valence-electron chi connectivity index (χ4n) is 2.26. The number of fused-ring (bicyclic) bond motifs is 1. The monoisotopic (exact) mass is 246 g/mol. The van der Waals surface area contributed by atoms with Crippen molar-refractivity contribution in [2.75, 3.05) is 25.0 Å².